The molecular weight excluding hydrogens is 332 g/mol. The number of hydrogen-bond acceptors (Lipinski definition) is 4. The van der Waals surface area contributed by atoms with Crippen molar-refractivity contribution in [2.75, 3.05) is 0 Å². The highest BCUT2D eigenvalue weighted by Crippen LogP contribution is 2.44. The van der Waals surface area contributed by atoms with Crippen molar-refractivity contribution >= 4 is 80.3 Å². The number of benzene rings is 2. The molecule has 3 aromatic heterocycles. The predicted molar refractivity (Wildman–Crippen MR) is 97.1 cm³/mol. The minimum absolute atomic E-state index is 0.402. The average Bonchev–Trinajstić information content (AvgIpc) is 3.20. The largest absolute Gasteiger partial charge is 0.477 e. The molecule has 0 fully saturated rings. The van der Waals surface area contributed by atoms with Crippen molar-refractivity contribution in [2.24, 2.45) is 0 Å². The van der Waals surface area contributed by atoms with Gasteiger partial charge in [-0.15, -0.1) is 34.0 Å². The van der Waals surface area contributed by atoms with Gasteiger partial charge in [0.05, 0.1) is 0 Å². The Morgan fingerprint density at radius 3 is 2.27 bits per heavy atom. The average molecular weight is 340 g/mol. The Bertz CT molecular complexity index is 1210. The van der Waals surface area contributed by atoms with Gasteiger partial charge in [-0.3, -0.25) is 0 Å². The van der Waals surface area contributed by atoms with E-state index in [0.717, 1.165) is 10.1 Å². The summed E-state index contributed by atoms with van der Waals surface area (Å²) in [5.74, 6) is -0.852. The van der Waals surface area contributed by atoms with Crippen LogP contribution in [0.3, 0.4) is 0 Å². The molecule has 3 heterocycles. The van der Waals surface area contributed by atoms with Crippen LogP contribution < -0.4 is 0 Å². The van der Waals surface area contributed by atoms with Gasteiger partial charge >= 0.3 is 5.97 Å². The topological polar surface area (TPSA) is 37.3 Å². The van der Waals surface area contributed by atoms with E-state index in [1.165, 1.54) is 41.6 Å². The van der Waals surface area contributed by atoms with Gasteiger partial charge < -0.3 is 5.11 Å². The number of rotatable bonds is 1. The second kappa shape index (κ2) is 4.29. The van der Waals surface area contributed by atoms with Crippen molar-refractivity contribution in [3.05, 3.63) is 46.7 Å². The maximum atomic E-state index is 11.3. The standard InChI is InChI=1S/C17H8O2S3/c18-17(19)14-7-9-11(21-14)2-4-13-16(9)15-8-5-6-20-10(8)1-3-12(15)22-13/h1-7H,(H,18,19). The first-order chi connectivity index (χ1) is 10.7. The van der Waals surface area contributed by atoms with Crippen LogP contribution in [0.4, 0.5) is 0 Å². The second-order valence-corrected chi connectivity index (χ2v) is 8.25. The van der Waals surface area contributed by atoms with Gasteiger partial charge in [0.15, 0.2) is 0 Å². The molecule has 0 atom stereocenters. The molecule has 2 aromatic carbocycles. The molecule has 0 saturated carbocycles. The number of hydrogen-bond donors (Lipinski definition) is 1. The van der Waals surface area contributed by atoms with Crippen LogP contribution in [-0.2, 0) is 0 Å². The van der Waals surface area contributed by atoms with E-state index >= 15 is 0 Å². The zero-order chi connectivity index (χ0) is 14.8. The zero-order valence-electron chi connectivity index (χ0n) is 11.1. The van der Waals surface area contributed by atoms with Gasteiger partial charge in [-0.1, -0.05) is 0 Å². The molecule has 5 heteroatoms. The third-order valence-corrected chi connectivity index (χ3v) is 7.03. The Morgan fingerprint density at radius 2 is 1.50 bits per heavy atom. The highest BCUT2D eigenvalue weighted by Gasteiger charge is 2.16. The summed E-state index contributed by atoms with van der Waals surface area (Å²) in [5, 5.41) is 16.2. The lowest BCUT2D eigenvalue weighted by molar-refractivity contribution is 0.0702. The number of aromatic carboxylic acids is 1. The van der Waals surface area contributed by atoms with Crippen molar-refractivity contribution in [1.29, 1.82) is 0 Å². The number of fused-ring (bicyclic) bond motifs is 7. The molecule has 106 valence electrons. The molecule has 5 rings (SSSR count). The summed E-state index contributed by atoms with van der Waals surface area (Å²) >= 11 is 4.86. The molecule has 5 aromatic rings. The highest BCUT2D eigenvalue weighted by atomic mass is 32.1. The van der Waals surface area contributed by atoms with E-state index < -0.39 is 5.97 Å². The smallest absolute Gasteiger partial charge is 0.345 e. The van der Waals surface area contributed by atoms with Crippen LogP contribution in [0.2, 0.25) is 0 Å². The predicted octanol–water partition coefficient (Wildman–Crippen LogP) is 6.18. The Morgan fingerprint density at radius 1 is 0.818 bits per heavy atom. The maximum absolute atomic E-state index is 11.3. The van der Waals surface area contributed by atoms with Crippen LogP contribution in [0.5, 0.6) is 0 Å². The molecule has 1 N–H and O–H groups in total. The van der Waals surface area contributed by atoms with Crippen LogP contribution in [0.1, 0.15) is 9.67 Å². The van der Waals surface area contributed by atoms with E-state index in [0.29, 0.717) is 4.88 Å². The first-order valence-electron chi connectivity index (χ1n) is 6.70. The fourth-order valence-electron chi connectivity index (χ4n) is 3.03. The van der Waals surface area contributed by atoms with Crippen molar-refractivity contribution in [2.45, 2.75) is 0 Å². The van der Waals surface area contributed by atoms with Gasteiger partial charge in [0.1, 0.15) is 4.88 Å². The van der Waals surface area contributed by atoms with Crippen LogP contribution in [0.15, 0.2) is 41.8 Å². The Kier molecular flexibility index (Phi) is 2.45. The van der Waals surface area contributed by atoms with Crippen molar-refractivity contribution in [3.8, 4) is 0 Å². The Balaban J connectivity index is 2.09. The van der Waals surface area contributed by atoms with E-state index in [4.69, 9.17) is 0 Å². The third-order valence-electron chi connectivity index (χ3n) is 3.94. The molecule has 0 aliphatic rings. The molecular formula is C17H8O2S3. The SMILES string of the molecule is O=C(O)c1cc2c(ccc3sc4ccc5sccc5c4c32)s1. The summed E-state index contributed by atoms with van der Waals surface area (Å²) in [6.45, 7) is 0. The van der Waals surface area contributed by atoms with Crippen LogP contribution in [0, 0.1) is 0 Å². The molecule has 0 radical (unpaired) electrons. The van der Waals surface area contributed by atoms with E-state index in [1.54, 1.807) is 22.7 Å². The number of carboxylic acids is 1. The quantitative estimate of drug-likeness (QED) is 0.395. The van der Waals surface area contributed by atoms with E-state index in [-0.39, 0.29) is 0 Å². The number of carboxylic acid groups (broad SMARTS) is 1. The van der Waals surface area contributed by atoms with E-state index in [1.807, 2.05) is 12.1 Å². The summed E-state index contributed by atoms with van der Waals surface area (Å²) in [6.07, 6.45) is 0. The molecule has 0 aliphatic heterocycles. The summed E-state index contributed by atoms with van der Waals surface area (Å²) in [5.41, 5.74) is 0. The summed E-state index contributed by atoms with van der Waals surface area (Å²) in [6, 6.07) is 12.5. The number of thiophene rings is 3. The number of carbonyl (C=O) groups is 1. The fourth-order valence-corrected chi connectivity index (χ4v) is 5.87. The minimum atomic E-state index is -0.852. The van der Waals surface area contributed by atoms with Gasteiger partial charge in [-0.25, -0.2) is 4.79 Å². The second-order valence-electron chi connectivity index (χ2n) is 5.14. The lowest BCUT2D eigenvalue weighted by Gasteiger charge is -1.97. The normalized spacial score (nSPS) is 12.0. The molecule has 0 bridgehead atoms. The minimum Gasteiger partial charge on any atom is -0.477 e. The third kappa shape index (κ3) is 1.56. The first kappa shape index (κ1) is 12.6. The maximum Gasteiger partial charge on any atom is 0.345 e. The van der Waals surface area contributed by atoms with Crippen molar-refractivity contribution in [3.63, 3.8) is 0 Å². The van der Waals surface area contributed by atoms with Crippen molar-refractivity contribution < 1.29 is 9.90 Å². The van der Waals surface area contributed by atoms with Gasteiger partial charge in [0.25, 0.3) is 0 Å². The summed E-state index contributed by atoms with van der Waals surface area (Å²) in [4.78, 5) is 11.7. The van der Waals surface area contributed by atoms with Gasteiger partial charge in [-0.05, 0) is 41.8 Å². The Hall–Kier alpha value is -1.95. The van der Waals surface area contributed by atoms with Gasteiger partial charge in [0, 0.05) is 40.3 Å². The van der Waals surface area contributed by atoms with E-state index in [2.05, 4.69) is 29.6 Å². The van der Waals surface area contributed by atoms with Gasteiger partial charge in [-0.2, -0.15) is 0 Å². The fraction of sp³-hybridized carbons (Fsp3) is 0. The van der Waals surface area contributed by atoms with Crippen LogP contribution in [0.25, 0.3) is 40.3 Å². The van der Waals surface area contributed by atoms with Crippen LogP contribution in [-0.4, -0.2) is 11.1 Å². The summed E-state index contributed by atoms with van der Waals surface area (Å²) in [7, 11) is 0. The van der Waals surface area contributed by atoms with Crippen LogP contribution >= 0.6 is 34.0 Å². The molecule has 0 unspecified atom stereocenters. The molecule has 22 heavy (non-hydrogen) atoms. The molecule has 0 saturated heterocycles. The monoisotopic (exact) mass is 340 g/mol. The lowest BCUT2D eigenvalue weighted by atomic mass is 10.1. The molecule has 0 aliphatic carbocycles. The Labute approximate surface area is 136 Å². The molecule has 0 amide bonds. The highest BCUT2D eigenvalue weighted by molar-refractivity contribution is 7.27. The lowest BCUT2D eigenvalue weighted by Crippen LogP contribution is -1.89. The molecule has 0 spiro atoms. The zero-order valence-corrected chi connectivity index (χ0v) is 13.6. The van der Waals surface area contributed by atoms with Gasteiger partial charge in [0.2, 0.25) is 0 Å². The molecule has 2 nitrogen and oxygen atoms in total. The van der Waals surface area contributed by atoms with Crippen molar-refractivity contribution in [1.82, 2.24) is 0 Å². The van der Waals surface area contributed by atoms with E-state index in [9.17, 15) is 9.90 Å². The first-order valence-corrected chi connectivity index (χ1v) is 9.22. The summed E-state index contributed by atoms with van der Waals surface area (Å²) < 4.78 is 4.79.